The molecule has 1 aliphatic carbocycles. The monoisotopic (exact) mass is 473 g/mol. The number of benzene rings is 2. The molecule has 10 nitrogen and oxygen atoms in total. The summed E-state index contributed by atoms with van der Waals surface area (Å²) in [5.74, 6) is -0.512. The molecule has 33 heavy (non-hydrogen) atoms. The minimum absolute atomic E-state index is 0.147. The van der Waals surface area contributed by atoms with Crippen LogP contribution in [0.1, 0.15) is 30.1 Å². The van der Waals surface area contributed by atoms with Gasteiger partial charge < -0.3 is 15.5 Å². The van der Waals surface area contributed by atoms with Crippen molar-refractivity contribution in [2.24, 2.45) is 0 Å². The molecular weight excluding hydrogens is 446 g/mol. The number of amides is 1. The van der Waals surface area contributed by atoms with E-state index in [4.69, 9.17) is 0 Å². The molecular formula is C22H27N5O5S. The molecule has 1 saturated carbocycles. The van der Waals surface area contributed by atoms with Crippen molar-refractivity contribution < 1.29 is 18.1 Å². The van der Waals surface area contributed by atoms with E-state index in [-0.39, 0.29) is 22.2 Å². The number of hydrogen-bond acceptors (Lipinski definition) is 7. The molecule has 176 valence electrons. The first-order chi connectivity index (χ1) is 15.8. The Bertz CT molecular complexity index is 1140. The summed E-state index contributed by atoms with van der Waals surface area (Å²) in [6.07, 6.45) is 1.94. The number of carbonyl (C=O) groups excluding carboxylic acids is 1. The lowest BCUT2D eigenvalue weighted by atomic mass is 10.1. The molecule has 0 unspecified atom stereocenters. The van der Waals surface area contributed by atoms with Gasteiger partial charge in [-0.05, 0) is 55.8 Å². The molecule has 2 fully saturated rings. The van der Waals surface area contributed by atoms with Gasteiger partial charge in [0, 0.05) is 49.5 Å². The summed E-state index contributed by atoms with van der Waals surface area (Å²) in [7, 11) is -3.60. The van der Waals surface area contributed by atoms with Crippen LogP contribution in [0.2, 0.25) is 0 Å². The lowest BCUT2D eigenvalue weighted by Crippen LogP contribution is -2.48. The quantitative estimate of drug-likeness (QED) is 0.446. The van der Waals surface area contributed by atoms with Crippen molar-refractivity contribution >= 4 is 33.0 Å². The molecule has 1 heterocycles. The van der Waals surface area contributed by atoms with Crippen LogP contribution >= 0.6 is 0 Å². The topological polar surface area (TPSA) is 125 Å². The zero-order chi connectivity index (χ0) is 23.6. The van der Waals surface area contributed by atoms with Crippen molar-refractivity contribution in [2.75, 3.05) is 43.4 Å². The fourth-order valence-electron chi connectivity index (χ4n) is 3.74. The normalized spacial score (nSPS) is 17.5. The summed E-state index contributed by atoms with van der Waals surface area (Å²) in [5.41, 5.74) is 0.790. The largest absolute Gasteiger partial charge is 0.377 e. The van der Waals surface area contributed by atoms with E-state index in [0.29, 0.717) is 37.6 Å². The van der Waals surface area contributed by atoms with Gasteiger partial charge in [-0.15, -0.1) is 0 Å². The van der Waals surface area contributed by atoms with Crippen molar-refractivity contribution in [1.29, 1.82) is 0 Å². The van der Waals surface area contributed by atoms with Crippen LogP contribution in [0.4, 0.5) is 17.1 Å². The number of piperazine rings is 1. The minimum Gasteiger partial charge on any atom is -0.377 e. The van der Waals surface area contributed by atoms with Gasteiger partial charge in [-0.25, -0.2) is 8.42 Å². The second-order valence-electron chi connectivity index (χ2n) is 8.22. The molecule has 11 heteroatoms. The van der Waals surface area contributed by atoms with Crippen LogP contribution in [0.5, 0.6) is 0 Å². The Hall–Kier alpha value is -3.02. The van der Waals surface area contributed by atoms with Gasteiger partial charge in [0.1, 0.15) is 5.69 Å². The second-order valence-corrected chi connectivity index (χ2v) is 10.2. The summed E-state index contributed by atoms with van der Waals surface area (Å²) >= 11 is 0. The lowest BCUT2D eigenvalue weighted by molar-refractivity contribution is -0.384. The van der Waals surface area contributed by atoms with Gasteiger partial charge in [0.15, 0.2) is 0 Å². The number of carbonyl (C=O) groups is 1. The number of hydrogen-bond donors (Lipinski definition) is 2. The average molecular weight is 474 g/mol. The van der Waals surface area contributed by atoms with E-state index in [2.05, 4.69) is 22.5 Å². The van der Waals surface area contributed by atoms with E-state index in [1.807, 2.05) is 0 Å². The maximum Gasteiger partial charge on any atom is 0.293 e. The van der Waals surface area contributed by atoms with Crippen molar-refractivity contribution in [3.63, 3.8) is 0 Å². The van der Waals surface area contributed by atoms with Crippen LogP contribution < -0.4 is 10.6 Å². The van der Waals surface area contributed by atoms with Gasteiger partial charge in [-0.1, -0.05) is 6.92 Å². The third-order valence-corrected chi connectivity index (χ3v) is 7.83. The molecule has 0 spiro atoms. The van der Waals surface area contributed by atoms with Crippen molar-refractivity contribution in [2.45, 2.75) is 30.7 Å². The maximum absolute atomic E-state index is 12.9. The molecule has 2 aliphatic rings. The number of anilines is 2. The smallest absolute Gasteiger partial charge is 0.293 e. The highest BCUT2D eigenvalue weighted by Crippen LogP contribution is 2.31. The van der Waals surface area contributed by atoms with Crippen molar-refractivity contribution in [1.82, 2.24) is 9.21 Å². The number of sulfonamides is 1. The minimum atomic E-state index is -3.60. The molecule has 2 N–H and O–H groups in total. The fraction of sp³-hybridized carbons (Fsp3) is 0.409. The third-order valence-electron chi connectivity index (χ3n) is 5.92. The molecule has 1 amide bonds. The Morgan fingerprint density at radius 2 is 1.76 bits per heavy atom. The third kappa shape index (κ3) is 5.32. The Kier molecular flexibility index (Phi) is 6.63. The highest BCUT2D eigenvalue weighted by atomic mass is 32.2. The van der Waals surface area contributed by atoms with E-state index in [0.717, 1.165) is 19.4 Å². The predicted molar refractivity (Wildman–Crippen MR) is 125 cm³/mol. The Morgan fingerprint density at radius 1 is 1.09 bits per heavy atom. The Morgan fingerprint density at radius 3 is 2.33 bits per heavy atom. The van der Waals surface area contributed by atoms with Gasteiger partial charge in [-0.2, -0.15) is 4.31 Å². The number of rotatable bonds is 8. The molecule has 0 aromatic heterocycles. The number of nitro groups is 1. The first-order valence-corrected chi connectivity index (χ1v) is 12.4. The molecule has 1 saturated heterocycles. The molecule has 4 rings (SSSR count). The van der Waals surface area contributed by atoms with Crippen molar-refractivity contribution in [3.8, 4) is 0 Å². The molecule has 0 atom stereocenters. The van der Waals surface area contributed by atoms with Gasteiger partial charge in [0.2, 0.25) is 10.0 Å². The van der Waals surface area contributed by atoms with Gasteiger partial charge in [0.25, 0.3) is 11.6 Å². The zero-order valence-corrected chi connectivity index (χ0v) is 19.2. The first-order valence-electron chi connectivity index (χ1n) is 11.0. The van der Waals surface area contributed by atoms with Crippen LogP contribution in [0, 0.1) is 10.1 Å². The standard InChI is InChI=1S/C22H27N5O5S/c1-2-25-11-13-26(14-12-25)33(31,32)19-8-6-18(7-9-19)24-22(28)16-3-10-20(23-17-4-5-17)21(15-16)27(29)30/h3,6-10,15,17,23H,2,4-5,11-14H2,1H3,(H,24,28). The van der Waals surface area contributed by atoms with E-state index in [9.17, 15) is 23.3 Å². The first kappa shape index (κ1) is 23.1. The predicted octanol–water partition coefficient (Wildman–Crippen LogP) is 2.75. The average Bonchev–Trinajstić information content (AvgIpc) is 3.63. The highest BCUT2D eigenvalue weighted by Gasteiger charge is 2.28. The van der Waals surface area contributed by atoms with E-state index in [1.54, 1.807) is 6.07 Å². The molecule has 2 aromatic carbocycles. The van der Waals surface area contributed by atoms with Gasteiger partial charge >= 0.3 is 0 Å². The van der Waals surface area contributed by atoms with Gasteiger partial charge in [0.05, 0.1) is 9.82 Å². The van der Waals surface area contributed by atoms with Crippen LogP contribution in [-0.4, -0.2) is 67.2 Å². The van der Waals surface area contributed by atoms with Crippen LogP contribution in [0.25, 0.3) is 0 Å². The highest BCUT2D eigenvalue weighted by molar-refractivity contribution is 7.89. The summed E-state index contributed by atoms with van der Waals surface area (Å²) in [4.78, 5) is 25.9. The number of likely N-dealkylation sites (N-methyl/N-ethyl adjacent to an activating group) is 1. The Labute approximate surface area is 192 Å². The zero-order valence-electron chi connectivity index (χ0n) is 18.4. The summed E-state index contributed by atoms with van der Waals surface area (Å²) in [6.45, 7) is 5.23. The molecule has 0 radical (unpaired) electrons. The summed E-state index contributed by atoms with van der Waals surface area (Å²) < 4.78 is 27.3. The van der Waals surface area contributed by atoms with Crippen LogP contribution in [-0.2, 0) is 10.0 Å². The van der Waals surface area contributed by atoms with Crippen LogP contribution in [0.3, 0.4) is 0 Å². The number of nitrogens with zero attached hydrogens (tertiary/aromatic N) is 3. The summed E-state index contributed by atoms with van der Waals surface area (Å²) in [5, 5.41) is 17.2. The molecule has 1 aliphatic heterocycles. The van der Waals surface area contributed by atoms with Crippen molar-refractivity contribution in [3.05, 3.63) is 58.1 Å². The lowest BCUT2D eigenvalue weighted by Gasteiger charge is -2.33. The summed E-state index contributed by atoms with van der Waals surface area (Å²) in [6, 6.07) is 10.5. The van der Waals surface area contributed by atoms with E-state index >= 15 is 0 Å². The molecule has 2 aromatic rings. The Balaban J connectivity index is 1.44. The van der Waals surface area contributed by atoms with E-state index < -0.39 is 20.9 Å². The maximum atomic E-state index is 12.9. The number of nitro benzene ring substituents is 1. The fourth-order valence-corrected chi connectivity index (χ4v) is 5.16. The van der Waals surface area contributed by atoms with E-state index in [1.165, 1.54) is 40.7 Å². The second kappa shape index (κ2) is 9.46. The number of nitrogens with one attached hydrogen (secondary N) is 2. The SMILES string of the molecule is CCN1CCN(S(=O)(=O)c2ccc(NC(=O)c3ccc(NC4CC4)c([N+](=O)[O-])c3)cc2)CC1. The van der Waals surface area contributed by atoms with Crippen LogP contribution in [0.15, 0.2) is 47.4 Å². The molecule has 0 bridgehead atoms. The van der Waals surface area contributed by atoms with Gasteiger partial charge in [-0.3, -0.25) is 14.9 Å².